The van der Waals surface area contributed by atoms with Gasteiger partial charge in [0.15, 0.2) is 0 Å². The van der Waals surface area contributed by atoms with Gasteiger partial charge in [0.05, 0.1) is 20.8 Å². The molecule has 7 heteroatoms. The van der Waals surface area contributed by atoms with Gasteiger partial charge in [0.2, 0.25) is 11.8 Å². The van der Waals surface area contributed by atoms with E-state index in [9.17, 15) is 9.59 Å². The van der Waals surface area contributed by atoms with Gasteiger partial charge >= 0.3 is 0 Å². The molecule has 1 aliphatic rings. The predicted molar refractivity (Wildman–Crippen MR) is 156 cm³/mol. The average Bonchev–Trinajstić information content (AvgIpc) is 3.51. The standard InChI is InChI=1S/C33H40N2O5/c1-38-28-17-19-29(20-18-28)40-21-9-16-32(36)35(24-26-12-8-15-30(22-26)39-2)31(23-25-10-4-3-5-11-25)33(37)34-27-13-6-7-14-27/h3-5,8,10-12,15,17-20,22,27,31H,6-7,9,13-14,16,21,23-24H2,1-2H3,(H,34,37)/t31-/m0/s1. The predicted octanol–water partition coefficient (Wildman–Crippen LogP) is 5.56. The number of ether oxygens (including phenoxy) is 3. The first-order valence-electron chi connectivity index (χ1n) is 14.1. The summed E-state index contributed by atoms with van der Waals surface area (Å²) >= 11 is 0. The Morgan fingerprint density at radius 3 is 2.23 bits per heavy atom. The Labute approximate surface area is 237 Å². The number of hydrogen-bond donors (Lipinski definition) is 1. The summed E-state index contributed by atoms with van der Waals surface area (Å²) in [4.78, 5) is 29.3. The third-order valence-electron chi connectivity index (χ3n) is 7.32. The third kappa shape index (κ3) is 8.50. The van der Waals surface area contributed by atoms with E-state index in [1.54, 1.807) is 19.1 Å². The molecule has 0 radical (unpaired) electrons. The van der Waals surface area contributed by atoms with E-state index in [4.69, 9.17) is 14.2 Å². The van der Waals surface area contributed by atoms with E-state index in [2.05, 4.69) is 5.32 Å². The van der Waals surface area contributed by atoms with Crippen LogP contribution in [0, 0.1) is 0 Å². The van der Waals surface area contributed by atoms with Crippen molar-refractivity contribution in [2.75, 3.05) is 20.8 Å². The molecule has 3 aromatic carbocycles. The van der Waals surface area contributed by atoms with E-state index < -0.39 is 6.04 Å². The highest BCUT2D eigenvalue weighted by molar-refractivity contribution is 5.88. The zero-order chi connectivity index (χ0) is 28.2. The molecule has 4 rings (SSSR count). The lowest BCUT2D eigenvalue weighted by molar-refractivity contribution is -0.141. The van der Waals surface area contributed by atoms with Crippen LogP contribution in [0.2, 0.25) is 0 Å². The molecule has 1 aliphatic carbocycles. The highest BCUT2D eigenvalue weighted by Gasteiger charge is 2.32. The summed E-state index contributed by atoms with van der Waals surface area (Å²) in [6.45, 7) is 0.702. The molecule has 0 unspecified atom stereocenters. The average molecular weight is 545 g/mol. The Balaban J connectivity index is 1.51. The lowest BCUT2D eigenvalue weighted by Gasteiger charge is -2.32. The van der Waals surface area contributed by atoms with Crippen LogP contribution in [0.4, 0.5) is 0 Å². The molecule has 1 saturated carbocycles. The smallest absolute Gasteiger partial charge is 0.243 e. The van der Waals surface area contributed by atoms with E-state index in [1.165, 1.54) is 0 Å². The number of amides is 2. The van der Waals surface area contributed by atoms with Crippen molar-refractivity contribution in [1.82, 2.24) is 10.2 Å². The Morgan fingerprint density at radius 2 is 1.52 bits per heavy atom. The molecule has 1 atom stereocenters. The highest BCUT2D eigenvalue weighted by atomic mass is 16.5. The summed E-state index contributed by atoms with van der Waals surface area (Å²) in [5, 5.41) is 3.25. The summed E-state index contributed by atoms with van der Waals surface area (Å²) in [5.74, 6) is 2.02. The number of hydrogen-bond acceptors (Lipinski definition) is 5. The van der Waals surface area contributed by atoms with Crippen molar-refractivity contribution >= 4 is 11.8 Å². The second kappa shape index (κ2) is 15.0. The van der Waals surface area contributed by atoms with Crippen LogP contribution in [-0.2, 0) is 22.6 Å². The Bertz CT molecular complexity index is 1210. The monoisotopic (exact) mass is 544 g/mol. The van der Waals surface area contributed by atoms with E-state index in [0.29, 0.717) is 31.7 Å². The Morgan fingerprint density at radius 1 is 0.850 bits per heavy atom. The minimum absolute atomic E-state index is 0.0800. The number of nitrogens with one attached hydrogen (secondary N) is 1. The first kappa shape index (κ1) is 29.0. The number of carbonyl (C=O) groups is 2. The molecule has 0 bridgehead atoms. The molecule has 40 heavy (non-hydrogen) atoms. The van der Waals surface area contributed by atoms with Gasteiger partial charge in [-0.1, -0.05) is 55.3 Å². The van der Waals surface area contributed by atoms with Crippen LogP contribution < -0.4 is 19.5 Å². The summed E-state index contributed by atoms with van der Waals surface area (Å²) in [6.07, 6.45) is 5.44. The minimum atomic E-state index is -0.635. The van der Waals surface area contributed by atoms with Crippen molar-refractivity contribution in [3.63, 3.8) is 0 Å². The highest BCUT2D eigenvalue weighted by Crippen LogP contribution is 2.22. The van der Waals surface area contributed by atoms with Gasteiger partial charge < -0.3 is 24.4 Å². The minimum Gasteiger partial charge on any atom is -0.497 e. The molecular weight excluding hydrogens is 504 g/mol. The van der Waals surface area contributed by atoms with Crippen LogP contribution in [-0.4, -0.2) is 49.6 Å². The van der Waals surface area contributed by atoms with Gasteiger partial charge in [0.1, 0.15) is 23.3 Å². The number of benzene rings is 3. The second-order valence-corrected chi connectivity index (χ2v) is 10.2. The van der Waals surface area contributed by atoms with Gasteiger partial charge in [-0.05, 0) is 66.8 Å². The fraction of sp³-hybridized carbons (Fsp3) is 0.394. The maximum absolute atomic E-state index is 13.8. The molecular formula is C33H40N2O5. The molecule has 0 aliphatic heterocycles. The van der Waals surface area contributed by atoms with Crippen molar-refractivity contribution in [2.24, 2.45) is 0 Å². The topological polar surface area (TPSA) is 77.1 Å². The van der Waals surface area contributed by atoms with Gasteiger partial charge in [-0.25, -0.2) is 0 Å². The normalized spacial score (nSPS) is 13.8. The SMILES string of the molecule is COc1ccc(OCCCC(=O)N(Cc2cccc(OC)c2)[C@@H](Cc2ccccc2)C(=O)NC2CCCC2)cc1. The molecule has 0 aromatic heterocycles. The summed E-state index contributed by atoms with van der Waals surface area (Å²) in [5.41, 5.74) is 1.93. The maximum Gasteiger partial charge on any atom is 0.243 e. The van der Waals surface area contributed by atoms with Gasteiger partial charge in [-0.3, -0.25) is 9.59 Å². The van der Waals surface area contributed by atoms with Crippen LogP contribution in [0.3, 0.4) is 0 Å². The van der Waals surface area contributed by atoms with Crippen molar-refractivity contribution in [3.05, 3.63) is 90.0 Å². The lowest BCUT2D eigenvalue weighted by Crippen LogP contribution is -2.52. The molecule has 0 saturated heterocycles. The zero-order valence-electron chi connectivity index (χ0n) is 23.5. The molecule has 0 spiro atoms. The molecule has 7 nitrogen and oxygen atoms in total. The van der Waals surface area contributed by atoms with Crippen LogP contribution in [0.15, 0.2) is 78.9 Å². The van der Waals surface area contributed by atoms with E-state index >= 15 is 0 Å². The first-order chi connectivity index (χ1) is 19.6. The lowest BCUT2D eigenvalue weighted by atomic mass is 10.0. The summed E-state index contributed by atoms with van der Waals surface area (Å²) in [6, 6.07) is 24.5. The number of methoxy groups -OCH3 is 2. The zero-order valence-corrected chi connectivity index (χ0v) is 23.5. The van der Waals surface area contributed by atoms with E-state index in [0.717, 1.165) is 48.3 Å². The molecule has 212 valence electrons. The van der Waals surface area contributed by atoms with Gasteiger partial charge in [0, 0.05) is 25.4 Å². The van der Waals surface area contributed by atoms with Crippen LogP contribution in [0.1, 0.15) is 49.7 Å². The summed E-state index contributed by atoms with van der Waals surface area (Å²) < 4.78 is 16.5. The number of carbonyl (C=O) groups excluding carboxylic acids is 2. The fourth-order valence-corrected chi connectivity index (χ4v) is 5.12. The van der Waals surface area contributed by atoms with E-state index in [-0.39, 0.29) is 24.3 Å². The van der Waals surface area contributed by atoms with Crippen LogP contribution >= 0.6 is 0 Å². The van der Waals surface area contributed by atoms with Crippen molar-refractivity contribution in [3.8, 4) is 17.2 Å². The molecule has 3 aromatic rings. The van der Waals surface area contributed by atoms with Crippen LogP contribution in [0.5, 0.6) is 17.2 Å². The Hall–Kier alpha value is -4.00. The molecule has 1 fully saturated rings. The maximum atomic E-state index is 13.8. The second-order valence-electron chi connectivity index (χ2n) is 10.2. The molecule has 1 N–H and O–H groups in total. The molecule has 0 heterocycles. The molecule has 2 amide bonds. The third-order valence-corrected chi connectivity index (χ3v) is 7.32. The van der Waals surface area contributed by atoms with Gasteiger partial charge in [-0.15, -0.1) is 0 Å². The fourth-order valence-electron chi connectivity index (χ4n) is 5.12. The van der Waals surface area contributed by atoms with Gasteiger partial charge in [0.25, 0.3) is 0 Å². The van der Waals surface area contributed by atoms with Crippen molar-refractivity contribution in [2.45, 2.75) is 63.6 Å². The largest absolute Gasteiger partial charge is 0.497 e. The van der Waals surface area contributed by atoms with E-state index in [1.807, 2.05) is 78.9 Å². The quantitative estimate of drug-likeness (QED) is 0.269. The number of rotatable bonds is 14. The Kier molecular flexibility index (Phi) is 10.8. The first-order valence-corrected chi connectivity index (χ1v) is 14.1. The van der Waals surface area contributed by atoms with Crippen molar-refractivity contribution < 1.29 is 23.8 Å². The van der Waals surface area contributed by atoms with Gasteiger partial charge in [-0.2, -0.15) is 0 Å². The number of nitrogens with zero attached hydrogens (tertiary/aromatic N) is 1. The van der Waals surface area contributed by atoms with Crippen molar-refractivity contribution in [1.29, 1.82) is 0 Å². The van der Waals surface area contributed by atoms with Crippen LogP contribution in [0.25, 0.3) is 0 Å². The summed E-state index contributed by atoms with van der Waals surface area (Å²) in [7, 11) is 3.25.